The Labute approximate surface area is 214 Å². The first-order chi connectivity index (χ1) is 17.6. The molecular weight excluding hydrogens is 474 g/mol. The average Bonchev–Trinajstić information content (AvgIpc) is 2.93. The summed E-state index contributed by atoms with van der Waals surface area (Å²) < 4.78 is 5.83. The van der Waals surface area contributed by atoms with Gasteiger partial charge in [-0.1, -0.05) is 30.3 Å². The molecule has 1 fully saturated rings. The van der Waals surface area contributed by atoms with Gasteiger partial charge in [0.25, 0.3) is 0 Å². The molecule has 1 N–H and O–H groups in total. The van der Waals surface area contributed by atoms with Crippen LogP contribution in [0, 0.1) is 0 Å². The van der Waals surface area contributed by atoms with Crippen LogP contribution in [0.15, 0.2) is 79.8 Å². The van der Waals surface area contributed by atoms with E-state index in [0.717, 1.165) is 41.7 Å². The number of carbonyl (C=O) groups excluding carboxylic acids is 1. The highest BCUT2D eigenvalue weighted by Crippen LogP contribution is 2.33. The Morgan fingerprint density at radius 2 is 2.08 bits per heavy atom. The molecule has 1 amide bonds. The predicted octanol–water partition coefficient (Wildman–Crippen LogP) is 5.89. The van der Waals surface area contributed by atoms with Crippen molar-refractivity contribution in [3.63, 3.8) is 0 Å². The minimum atomic E-state index is -0.0180. The van der Waals surface area contributed by atoms with Crippen LogP contribution in [0.1, 0.15) is 30.0 Å². The zero-order valence-corrected chi connectivity index (χ0v) is 20.5. The molecule has 3 heterocycles. The standard InChI is InChI=1S/C28H26ClN5O2/c1-2-27(35)34-13-5-6-20(16-34)19-8-10-25-23(14-19)28(32-18-31-25)33-21-9-11-26(24(29)15-21)36-17-22-7-3-4-12-30-22/h2-4,7-12,14-15,18,20H,1,5-6,13,16-17H2,(H,31,32,33)/t20-/m1/s1. The van der Waals surface area contributed by atoms with E-state index < -0.39 is 0 Å². The first-order valence-electron chi connectivity index (χ1n) is 11.9. The van der Waals surface area contributed by atoms with Crippen molar-refractivity contribution in [1.82, 2.24) is 19.9 Å². The molecule has 5 rings (SSSR count). The van der Waals surface area contributed by atoms with E-state index in [9.17, 15) is 4.79 Å². The Morgan fingerprint density at radius 1 is 1.17 bits per heavy atom. The van der Waals surface area contributed by atoms with E-state index in [2.05, 4.69) is 39.0 Å². The molecule has 0 saturated carbocycles. The van der Waals surface area contributed by atoms with E-state index in [4.69, 9.17) is 16.3 Å². The number of amides is 1. The van der Waals surface area contributed by atoms with E-state index in [-0.39, 0.29) is 11.8 Å². The predicted molar refractivity (Wildman–Crippen MR) is 142 cm³/mol. The van der Waals surface area contributed by atoms with Crippen molar-refractivity contribution in [2.45, 2.75) is 25.4 Å². The van der Waals surface area contributed by atoms with E-state index in [1.807, 2.05) is 47.4 Å². The van der Waals surface area contributed by atoms with Gasteiger partial charge in [0.05, 0.1) is 16.2 Å². The number of likely N-dealkylation sites (tertiary alicyclic amines) is 1. The lowest BCUT2D eigenvalue weighted by atomic mass is 9.90. The van der Waals surface area contributed by atoms with Gasteiger partial charge in [-0.3, -0.25) is 9.78 Å². The molecule has 36 heavy (non-hydrogen) atoms. The van der Waals surface area contributed by atoms with Gasteiger partial charge in [0.1, 0.15) is 24.5 Å². The lowest BCUT2D eigenvalue weighted by Gasteiger charge is -2.32. The minimum absolute atomic E-state index is 0.0180. The van der Waals surface area contributed by atoms with Crippen LogP contribution in [0.3, 0.4) is 0 Å². The van der Waals surface area contributed by atoms with Crippen LogP contribution in [-0.2, 0) is 11.4 Å². The number of anilines is 2. The van der Waals surface area contributed by atoms with Gasteiger partial charge in [0.2, 0.25) is 5.91 Å². The second-order valence-corrected chi connectivity index (χ2v) is 9.11. The Hall–Kier alpha value is -3.97. The number of hydrogen-bond donors (Lipinski definition) is 1. The van der Waals surface area contributed by atoms with Gasteiger partial charge < -0.3 is 15.0 Å². The van der Waals surface area contributed by atoms with Crippen LogP contribution >= 0.6 is 11.6 Å². The van der Waals surface area contributed by atoms with Gasteiger partial charge >= 0.3 is 0 Å². The maximum absolute atomic E-state index is 12.1. The number of ether oxygens (including phenoxy) is 1. The largest absolute Gasteiger partial charge is 0.486 e. The molecule has 2 aromatic heterocycles. The SMILES string of the molecule is C=CC(=O)N1CCC[C@@H](c2ccc3ncnc(Nc4ccc(OCc5ccccn5)c(Cl)c4)c3c2)C1. The molecule has 0 radical (unpaired) electrons. The summed E-state index contributed by atoms with van der Waals surface area (Å²) in [6, 6.07) is 17.5. The maximum atomic E-state index is 12.1. The topological polar surface area (TPSA) is 80.2 Å². The molecule has 1 saturated heterocycles. The first kappa shape index (κ1) is 23.8. The summed E-state index contributed by atoms with van der Waals surface area (Å²) in [6.07, 6.45) is 6.65. The van der Waals surface area contributed by atoms with Crippen molar-refractivity contribution >= 4 is 39.9 Å². The minimum Gasteiger partial charge on any atom is -0.486 e. The van der Waals surface area contributed by atoms with Crippen LogP contribution < -0.4 is 10.1 Å². The molecule has 1 aliphatic rings. The maximum Gasteiger partial charge on any atom is 0.245 e. The van der Waals surface area contributed by atoms with E-state index >= 15 is 0 Å². The number of nitrogens with one attached hydrogen (secondary N) is 1. The van der Waals surface area contributed by atoms with Crippen LogP contribution in [0.4, 0.5) is 11.5 Å². The molecule has 0 aliphatic carbocycles. The fraction of sp³-hybridized carbons (Fsp3) is 0.214. The van der Waals surface area contributed by atoms with Crippen LogP contribution in [0.2, 0.25) is 5.02 Å². The number of carbonyl (C=O) groups is 1. The number of halogens is 1. The van der Waals surface area contributed by atoms with Crippen molar-refractivity contribution < 1.29 is 9.53 Å². The average molecular weight is 500 g/mol. The number of hydrogen-bond acceptors (Lipinski definition) is 6. The van der Waals surface area contributed by atoms with Gasteiger partial charge in [-0.15, -0.1) is 0 Å². The third kappa shape index (κ3) is 5.31. The molecule has 1 atom stereocenters. The number of fused-ring (bicyclic) bond motifs is 1. The van der Waals surface area contributed by atoms with E-state index in [1.54, 1.807) is 12.5 Å². The fourth-order valence-corrected chi connectivity index (χ4v) is 4.71. The van der Waals surface area contributed by atoms with Gasteiger partial charge in [0.15, 0.2) is 0 Å². The van der Waals surface area contributed by atoms with Gasteiger partial charge in [-0.2, -0.15) is 0 Å². The Morgan fingerprint density at radius 3 is 2.89 bits per heavy atom. The lowest BCUT2D eigenvalue weighted by molar-refractivity contribution is -0.127. The number of rotatable bonds is 7. The number of piperidine rings is 1. The summed E-state index contributed by atoms with van der Waals surface area (Å²) in [7, 11) is 0. The molecule has 8 heteroatoms. The number of benzene rings is 2. The molecule has 7 nitrogen and oxygen atoms in total. The highest BCUT2D eigenvalue weighted by Gasteiger charge is 2.24. The monoisotopic (exact) mass is 499 g/mol. The first-order valence-corrected chi connectivity index (χ1v) is 12.2. The zero-order valence-electron chi connectivity index (χ0n) is 19.7. The van der Waals surface area contributed by atoms with Gasteiger partial charge in [0, 0.05) is 36.3 Å². The summed E-state index contributed by atoms with van der Waals surface area (Å²) in [5.74, 6) is 1.51. The summed E-state index contributed by atoms with van der Waals surface area (Å²) in [5.41, 5.74) is 3.62. The molecule has 0 spiro atoms. The summed E-state index contributed by atoms with van der Waals surface area (Å²) >= 11 is 6.50. The molecule has 0 unspecified atom stereocenters. The number of nitrogens with zero attached hydrogens (tertiary/aromatic N) is 4. The normalized spacial score (nSPS) is 15.5. The molecule has 2 aromatic carbocycles. The summed E-state index contributed by atoms with van der Waals surface area (Å²) in [6.45, 7) is 5.42. The lowest BCUT2D eigenvalue weighted by Crippen LogP contribution is -2.38. The molecular formula is C28H26ClN5O2. The second kappa shape index (κ2) is 10.7. The van der Waals surface area contributed by atoms with Crippen molar-refractivity contribution in [2.75, 3.05) is 18.4 Å². The smallest absolute Gasteiger partial charge is 0.245 e. The molecule has 182 valence electrons. The highest BCUT2D eigenvalue weighted by atomic mass is 35.5. The van der Waals surface area contributed by atoms with Crippen molar-refractivity contribution in [3.8, 4) is 5.75 Å². The van der Waals surface area contributed by atoms with Crippen molar-refractivity contribution in [1.29, 1.82) is 0 Å². The zero-order chi connectivity index (χ0) is 24.9. The summed E-state index contributed by atoms with van der Waals surface area (Å²) in [4.78, 5) is 27.2. The molecule has 1 aliphatic heterocycles. The van der Waals surface area contributed by atoms with Crippen LogP contribution in [0.5, 0.6) is 5.75 Å². The second-order valence-electron chi connectivity index (χ2n) is 8.71. The Balaban J connectivity index is 1.35. The number of aromatic nitrogens is 3. The van der Waals surface area contributed by atoms with Crippen LogP contribution in [0.25, 0.3) is 10.9 Å². The van der Waals surface area contributed by atoms with Crippen molar-refractivity contribution in [2.24, 2.45) is 0 Å². The molecule has 4 aromatic rings. The Kier molecular flexibility index (Phi) is 7.09. The van der Waals surface area contributed by atoms with Crippen LogP contribution in [-0.4, -0.2) is 38.8 Å². The van der Waals surface area contributed by atoms with E-state index in [1.165, 1.54) is 11.6 Å². The van der Waals surface area contributed by atoms with E-state index in [0.29, 0.717) is 29.7 Å². The molecule has 0 bridgehead atoms. The third-order valence-electron chi connectivity index (χ3n) is 6.33. The van der Waals surface area contributed by atoms with Gasteiger partial charge in [-0.25, -0.2) is 9.97 Å². The third-order valence-corrected chi connectivity index (χ3v) is 6.63. The highest BCUT2D eigenvalue weighted by molar-refractivity contribution is 6.32. The van der Waals surface area contributed by atoms with Crippen molar-refractivity contribution in [3.05, 3.63) is 96.1 Å². The summed E-state index contributed by atoms with van der Waals surface area (Å²) in [5, 5.41) is 4.77. The Bertz CT molecular complexity index is 1400. The fourth-order valence-electron chi connectivity index (χ4n) is 4.47. The number of pyridine rings is 1. The van der Waals surface area contributed by atoms with Gasteiger partial charge in [-0.05, 0) is 66.9 Å². The quantitative estimate of drug-likeness (QED) is 0.319.